The van der Waals surface area contributed by atoms with Gasteiger partial charge in [0, 0.05) is 24.0 Å². The Morgan fingerprint density at radius 3 is 1.34 bits per heavy atom. The Hall–Kier alpha value is -2.24. The fourth-order valence-corrected chi connectivity index (χ4v) is 3.92. The van der Waals surface area contributed by atoms with Gasteiger partial charge in [0.15, 0.2) is 0 Å². The van der Waals surface area contributed by atoms with Crippen LogP contribution in [0.4, 0.5) is 0 Å². The van der Waals surface area contributed by atoms with Gasteiger partial charge in [0.2, 0.25) is 0 Å². The summed E-state index contributed by atoms with van der Waals surface area (Å²) in [4.78, 5) is 23.6. The number of benzene rings is 1. The Morgan fingerprint density at radius 2 is 1.06 bits per heavy atom. The van der Waals surface area contributed by atoms with Crippen LogP contribution < -0.4 is 0 Å². The van der Waals surface area contributed by atoms with Crippen molar-refractivity contribution in [2.24, 2.45) is 0 Å². The van der Waals surface area contributed by atoms with Gasteiger partial charge in [0.1, 0.15) is 11.5 Å². The van der Waals surface area contributed by atoms with Gasteiger partial charge in [0.05, 0.1) is 12.2 Å². The smallest absolute Gasteiger partial charge is 0.306 e. The van der Waals surface area contributed by atoms with E-state index in [1.807, 2.05) is 55.4 Å². The third-order valence-corrected chi connectivity index (χ3v) is 5.67. The Kier molecular flexibility index (Phi) is 10.1. The van der Waals surface area contributed by atoms with E-state index in [9.17, 15) is 19.8 Å². The van der Waals surface area contributed by atoms with Crippen molar-refractivity contribution >= 4 is 11.9 Å². The molecule has 0 aliphatic carbocycles. The van der Waals surface area contributed by atoms with E-state index in [0.29, 0.717) is 49.7 Å². The summed E-state index contributed by atoms with van der Waals surface area (Å²) in [5.74, 6) is -0.200. The molecule has 0 heterocycles. The van der Waals surface area contributed by atoms with E-state index in [1.165, 1.54) is 0 Å². The van der Waals surface area contributed by atoms with Crippen LogP contribution in [0.2, 0.25) is 0 Å². The average Bonchev–Trinajstić information content (AvgIpc) is 2.61. The molecule has 0 radical (unpaired) electrons. The van der Waals surface area contributed by atoms with Crippen molar-refractivity contribution in [3.63, 3.8) is 0 Å². The molecule has 0 aliphatic heterocycles. The van der Waals surface area contributed by atoms with Crippen molar-refractivity contribution in [3.05, 3.63) is 23.3 Å². The van der Waals surface area contributed by atoms with Crippen molar-refractivity contribution < 1.29 is 29.3 Å². The molecule has 0 saturated heterocycles. The summed E-state index contributed by atoms with van der Waals surface area (Å²) in [6.07, 6.45) is 2.94. The summed E-state index contributed by atoms with van der Waals surface area (Å²) >= 11 is 0. The standard InChI is InChI=1S/C26H42O6/c1-17(2)31-23(29)11-9-13-25(5,6)19-15-22(28)20(16-21(19)27)26(7,8)14-10-12-24(30)32-18(3)4/h15-18,27-28H,9-14H2,1-8H3. The molecule has 32 heavy (non-hydrogen) atoms. The van der Waals surface area contributed by atoms with E-state index in [-0.39, 0.29) is 35.6 Å². The minimum atomic E-state index is -0.428. The average molecular weight is 451 g/mol. The minimum Gasteiger partial charge on any atom is -0.508 e. The maximum atomic E-state index is 11.8. The molecule has 0 fully saturated rings. The van der Waals surface area contributed by atoms with Gasteiger partial charge in [-0.15, -0.1) is 0 Å². The van der Waals surface area contributed by atoms with E-state index >= 15 is 0 Å². The highest BCUT2D eigenvalue weighted by Crippen LogP contribution is 2.43. The number of aromatic hydroxyl groups is 2. The Bertz CT molecular complexity index is 711. The second kappa shape index (κ2) is 11.6. The molecule has 0 bridgehead atoms. The molecule has 0 unspecified atom stereocenters. The molecule has 0 amide bonds. The van der Waals surface area contributed by atoms with Crippen molar-refractivity contribution in [1.29, 1.82) is 0 Å². The summed E-state index contributed by atoms with van der Waals surface area (Å²) in [7, 11) is 0. The lowest BCUT2D eigenvalue weighted by Crippen LogP contribution is -2.21. The molecule has 1 aromatic carbocycles. The molecular formula is C26H42O6. The van der Waals surface area contributed by atoms with E-state index in [2.05, 4.69) is 0 Å². The molecule has 0 aromatic heterocycles. The van der Waals surface area contributed by atoms with Crippen LogP contribution in [0, 0.1) is 0 Å². The molecule has 1 rings (SSSR count). The highest BCUT2D eigenvalue weighted by atomic mass is 16.5. The lowest BCUT2D eigenvalue weighted by atomic mass is 9.75. The van der Waals surface area contributed by atoms with Crippen LogP contribution in [0.25, 0.3) is 0 Å². The molecule has 0 spiro atoms. The van der Waals surface area contributed by atoms with E-state index < -0.39 is 10.8 Å². The molecular weight excluding hydrogens is 408 g/mol. The van der Waals surface area contributed by atoms with Gasteiger partial charge in [-0.1, -0.05) is 27.7 Å². The van der Waals surface area contributed by atoms with Crippen molar-refractivity contribution in [1.82, 2.24) is 0 Å². The number of rotatable bonds is 12. The highest BCUT2D eigenvalue weighted by molar-refractivity contribution is 5.69. The molecule has 182 valence electrons. The van der Waals surface area contributed by atoms with Gasteiger partial charge in [-0.05, 0) is 76.3 Å². The Balaban J connectivity index is 2.85. The zero-order chi connectivity index (χ0) is 24.7. The lowest BCUT2D eigenvalue weighted by Gasteiger charge is -2.30. The predicted molar refractivity (Wildman–Crippen MR) is 126 cm³/mol. The van der Waals surface area contributed by atoms with Gasteiger partial charge in [0.25, 0.3) is 0 Å². The highest BCUT2D eigenvalue weighted by Gasteiger charge is 2.30. The number of hydrogen-bond acceptors (Lipinski definition) is 6. The first-order valence-electron chi connectivity index (χ1n) is 11.6. The summed E-state index contributed by atoms with van der Waals surface area (Å²) in [6, 6.07) is 3.26. The topological polar surface area (TPSA) is 93.1 Å². The zero-order valence-electron chi connectivity index (χ0n) is 21.1. The first-order valence-corrected chi connectivity index (χ1v) is 11.6. The van der Waals surface area contributed by atoms with Gasteiger partial charge >= 0.3 is 11.9 Å². The third kappa shape index (κ3) is 8.71. The fourth-order valence-electron chi connectivity index (χ4n) is 3.92. The number of phenolic OH excluding ortho intramolecular Hbond substituents is 2. The van der Waals surface area contributed by atoms with Crippen LogP contribution in [-0.4, -0.2) is 34.4 Å². The summed E-state index contributed by atoms with van der Waals surface area (Å²) in [6.45, 7) is 15.2. The van der Waals surface area contributed by atoms with Crippen molar-refractivity contribution in [2.45, 2.75) is 117 Å². The second-order valence-electron chi connectivity index (χ2n) is 10.4. The quantitative estimate of drug-likeness (QED) is 0.304. The number of esters is 2. The monoisotopic (exact) mass is 450 g/mol. The largest absolute Gasteiger partial charge is 0.508 e. The first-order chi connectivity index (χ1) is 14.7. The van der Waals surface area contributed by atoms with Gasteiger partial charge in [-0.25, -0.2) is 0 Å². The zero-order valence-corrected chi connectivity index (χ0v) is 21.1. The lowest BCUT2D eigenvalue weighted by molar-refractivity contribution is -0.148. The maximum absolute atomic E-state index is 11.8. The van der Waals surface area contributed by atoms with Crippen LogP contribution in [0.5, 0.6) is 11.5 Å². The molecule has 0 saturated carbocycles. The molecule has 2 N–H and O–H groups in total. The molecule has 6 nitrogen and oxygen atoms in total. The number of carbonyl (C=O) groups is 2. The normalized spacial score (nSPS) is 12.3. The molecule has 6 heteroatoms. The van der Waals surface area contributed by atoms with Crippen molar-refractivity contribution in [2.75, 3.05) is 0 Å². The molecule has 1 aromatic rings. The Labute approximate surface area is 193 Å². The van der Waals surface area contributed by atoms with E-state index in [1.54, 1.807) is 12.1 Å². The fraction of sp³-hybridized carbons (Fsp3) is 0.692. The number of ether oxygens (including phenoxy) is 2. The molecule has 0 atom stereocenters. The van der Waals surface area contributed by atoms with E-state index in [4.69, 9.17) is 9.47 Å². The second-order valence-corrected chi connectivity index (χ2v) is 10.4. The van der Waals surface area contributed by atoms with Crippen LogP contribution in [-0.2, 0) is 29.9 Å². The van der Waals surface area contributed by atoms with Gasteiger partial charge in [-0.2, -0.15) is 0 Å². The van der Waals surface area contributed by atoms with E-state index in [0.717, 1.165) is 0 Å². The summed E-state index contributed by atoms with van der Waals surface area (Å²) in [5.41, 5.74) is 0.436. The number of hydrogen-bond donors (Lipinski definition) is 2. The summed E-state index contributed by atoms with van der Waals surface area (Å²) < 4.78 is 10.4. The van der Waals surface area contributed by atoms with Crippen molar-refractivity contribution in [3.8, 4) is 11.5 Å². The van der Waals surface area contributed by atoms with Gasteiger partial charge < -0.3 is 19.7 Å². The third-order valence-electron chi connectivity index (χ3n) is 5.67. The van der Waals surface area contributed by atoms with Crippen LogP contribution in [0.15, 0.2) is 12.1 Å². The van der Waals surface area contributed by atoms with Crippen LogP contribution in [0.1, 0.15) is 105 Å². The summed E-state index contributed by atoms with van der Waals surface area (Å²) in [5, 5.41) is 21.6. The number of carbonyl (C=O) groups excluding carboxylic acids is 2. The SMILES string of the molecule is CC(C)OC(=O)CCCC(C)(C)c1cc(O)c(C(C)(C)CCCC(=O)OC(C)C)cc1O. The van der Waals surface area contributed by atoms with Crippen LogP contribution in [0.3, 0.4) is 0 Å². The minimum absolute atomic E-state index is 0.125. The maximum Gasteiger partial charge on any atom is 0.306 e. The van der Waals surface area contributed by atoms with Gasteiger partial charge in [-0.3, -0.25) is 9.59 Å². The number of phenols is 2. The van der Waals surface area contributed by atoms with Crippen LogP contribution >= 0.6 is 0 Å². The first kappa shape index (κ1) is 27.8. The Morgan fingerprint density at radius 1 is 0.750 bits per heavy atom. The predicted octanol–water partition coefficient (Wildman–Crippen LogP) is 5.90. The molecule has 0 aliphatic rings.